The van der Waals surface area contributed by atoms with E-state index in [2.05, 4.69) is 12.3 Å². The van der Waals surface area contributed by atoms with Gasteiger partial charge in [0.15, 0.2) is 0 Å². The van der Waals surface area contributed by atoms with E-state index in [0.29, 0.717) is 17.2 Å². The van der Waals surface area contributed by atoms with E-state index in [-0.39, 0.29) is 11.9 Å². The number of rotatable bonds is 5. The lowest BCUT2D eigenvalue weighted by atomic mass is 9.73. The molecule has 1 aromatic rings. The predicted molar refractivity (Wildman–Crippen MR) is 80.4 cm³/mol. The van der Waals surface area contributed by atoms with Crippen LogP contribution in [0.15, 0.2) is 18.2 Å². The minimum Gasteiger partial charge on any atom is -0.496 e. The van der Waals surface area contributed by atoms with Crippen molar-refractivity contribution in [3.05, 3.63) is 29.6 Å². The molecule has 0 bridgehead atoms. The molecule has 4 nitrogen and oxygen atoms in total. The molecule has 0 saturated heterocycles. The Labute approximate surface area is 125 Å². The minimum atomic E-state index is -0.428. The summed E-state index contributed by atoms with van der Waals surface area (Å²) in [5, 5.41) is 0. The zero-order chi connectivity index (χ0) is 15.5. The van der Waals surface area contributed by atoms with Crippen LogP contribution in [0.1, 0.15) is 44.2 Å². The van der Waals surface area contributed by atoms with E-state index in [1.165, 1.54) is 12.1 Å². The van der Waals surface area contributed by atoms with E-state index in [1.54, 1.807) is 20.3 Å². The second-order valence-electron chi connectivity index (χ2n) is 5.94. The standard InChI is InChI=1S/C16H25FN2O2/c1-11-6-8-16(21-3,9-7-11)15(19-18)13-10-12(17)4-5-14(13)20-2/h4-5,10-11,15,19H,6-9,18H2,1-3H3. The van der Waals surface area contributed by atoms with Gasteiger partial charge in [0, 0.05) is 12.7 Å². The maximum Gasteiger partial charge on any atom is 0.124 e. The van der Waals surface area contributed by atoms with Gasteiger partial charge in [-0.05, 0) is 49.8 Å². The molecule has 1 aliphatic carbocycles. The summed E-state index contributed by atoms with van der Waals surface area (Å²) in [5.41, 5.74) is 3.10. The van der Waals surface area contributed by atoms with Crippen molar-refractivity contribution in [1.82, 2.24) is 5.43 Å². The quantitative estimate of drug-likeness (QED) is 0.648. The van der Waals surface area contributed by atoms with Crippen molar-refractivity contribution in [3.8, 4) is 5.75 Å². The zero-order valence-corrected chi connectivity index (χ0v) is 13.0. The average Bonchev–Trinajstić information content (AvgIpc) is 2.50. The molecule has 1 aromatic carbocycles. The van der Waals surface area contributed by atoms with Gasteiger partial charge in [-0.15, -0.1) is 0 Å². The lowest BCUT2D eigenvalue weighted by Gasteiger charge is -2.44. The van der Waals surface area contributed by atoms with E-state index in [9.17, 15) is 4.39 Å². The molecule has 1 fully saturated rings. The summed E-state index contributed by atoms with van der Waals surface area (Å²) < 4.78 is 24.9. The molecule has 0 amide bonds. The molecule has 3 N–H and O–H groups in total. The smallest absolute Gasteiger partial charge is 0.124 e. The minimum absolute atomic E-state index is 0.304. The van der Waals surface area contributed by atoms with Crippen molar-refractivity contribution in [2.75, 3.05) is 14.2 Å². The number of ether oxygens (including phenoxy) is 2. The molecule has 0 radical (unpaired) electrons. The van der Waals surface area contributed by atoms with E-state index in [0.717, 1.165) is 25.7 Å². The first-order valence-corrected chi connectivity index (χ1v) is 7.41. The maximum atomic E-state index is 13.7. The summed E-state index contributed by atoms with van der Waals surface area (Å²) in [5.74, 6) is 6.79. The normalized spacial score (nSPS) is 27.4. The Bertz CT molecular complexity index is 473. The van der Waals surface area contributed by atoms with Gasteiger partial charge in [0.1, 0.15) is 11.6 Å². The number of benzene rings is 1. The summed E-state index contributed by atoms with van der Waals surface area (Å²) in [6.45, 7) is 2.24. The van der Waals surface area contributed by atoms with Crippen LogP contribution < -0.4 is 16.0 Å². The van der Waals surface area contributed by atoms with E-state index in [1.807, 2.05) is 0 Å². The number of nitrogens with one attached hydrogen (secondary N) is 1. The Kier molecular flexibility index (Phi) is 5.19. The van der Waals surface area contributed by atoms with Crippen molar-refractivity contribution >= 4 is 0 Å². The first-order valence-electron chi connectivity index (χ1n) is 7.41. The van der Waals surface area contributed by atoms with Gasteiger partial charge in [-0.1, -0.05) is 6.92 Å². The predicted octanol–water partition coefficient (Wildman–Crippen LogP) is 2.93. The fourth-order valence-electron chi connectivity index (χ4n) is 3.32. The average molecular weight is 296 g/mol. The van der Waals surface area contributed by atoms with Crippen molar-refractivity contribution < 1.29 is 13.9 Å². The number of methoxy groups -OCH3 is 2. The third-order valence-corrected chi connectivity index (χ3v) is 4.72. The lowest BCUT2D eigenvalue weighted by Crippen LogP contribution is -2.50. The molecule has 1 atom stereocenters. The van der Waals surface area contributed by atoms with Crippen molar-refractivity contribution in [2.24, 2.45) is 11.8 Å². The zero-order valence-electron chi connectivity index (χ0n) is 13.0. The molecule has 118 valence electrons. The van der Waals surface area contributed by atoms with E-state index in [4.69, 9.17) is 15.3 Å². The third kappa shape index (κ3) is 3.20. The molecule has 1 unspecified atom stereocenters. The Morgan fingerprint density at radius 1 is 1.33 bits per heavy atom. The highest BCUT2D eigenvalue weighted by Gasteiger charge is 2.43. The summed E-state index contributed by atoms with van der Waals surface area (Å²) in [7, 11) is 3.28. The van der Waals surface area contributed by atoms with E-state index >= 15 is 0 Å². The summed E-state index contributed by atoms with van der Waals surface area (Å²) in [6, 6.07) is 4.19. The van der Waals surface area contributed by atoms with Crippen molar-refractivity contribution in [1.29, 1.82) is 0 Å². The molecular weight excluding hydrogens is 271 g/mol. The number of hydrazine groups is 1. The van der Waals surface area contributed by atoms with Gasteiger partial charge in [0.05, 0.1) is 18.8 Å². The molecule has 0 spiro atoms. The van der Waals surface area contributed by atoms with Gasteiger partial charge in [0.25, 0.3) is 0 Å². The van der Waals surface area contributed by atoms with Crippen LogP contribution in [0, 0.1) is 11.7 Å². The fraction of sp³-hybridized carbons (Fsp3) is 0.625. The van der Waals surface area contributed by atoms with Crippen molar-refractivity contribution in [3.63, 3.8) is 0 Å². The van der Waals surface area contributed by atoms with Crippen LogP contribution in [-0.4, -0.2) is 19.8 Å². The highest BCUT2D eigenvalue weighted by Crippen LogP contribution is 2.44. The van der Waals surface area contributed by atoms with E-state index < -0.39 is 5.60 Å². The molecule has 0 aliphatic heterocycles. The molecule has 1 saturated carbocycles. The van der Waals surface area contributed by atoms with Crippen LogP contribution in [0.4, 0.5) is 4.39 Å². The van der Waals surface area contributed by atoms with Crippen LogP contribution >= 0.6 is 0 Å². The summed E-state index contributed by atoms with van der Waals surface area (Å²) >= 11 is 0. The van der Waals surface area contributed by atoms with Crippen LogP contribution in [-0.2, 0) is 4.74 Å². The Morgan fingerprint density at radius 3 is 2.52 bits per heavy atom. The summed E-state index contributed by atoms with van der Waals surface area (Å²) in [6.07, 6.45) is 3.92. The molecular formula is C16H25FN2O2. The maximum absolute atomic E-state index is 13.7. The SMILES string of the molecule is COc1ccc(F)cc1C(NN)C1(OC)CCC(C)CC1. The third-order valence-electron chi connectivity index (χ3n) is 4.72. The Morgan fingerprint density at radius 2 is 2.00 bits per heavy atom. The van der Waals surface area contributed by atoms with Crippen molar-refractivity contribution in [2.45, 2.75) is 44.2 Å². The van der Waals surface area contributed by atoms with Crippen LogP contribution in [0.25, 0.3) is 0 Å². The highest BCUT2D eigenvalue weighted by molar-refractivity contribution is 5.38. The number of hydrogen-bond donors (Lipinski definition) is 2. The molecule has 0 aromatic heterocycles. The van der Waals surface area contributed by atoms with Gasteiger partial charge in [-0.25, -0.2) is 9.82 Å². The molecule has 2 rings (SSSR count). The van der Waals surface area contributed by atoms with Gasteiger partial charge in [-0.2, -0.15) is 0 Å². The van der Waals surface area contributed by atoms with Gasteiger partial charge in [-0.3, -0.25) is 5.84 Å². The molecule has 0 heterocycles. The Hall–Kier alpha value is -1.17. The highest BCUT2D eigenvalue weighted by atomic mass is 19.1. The first-order chi connectivity index (χ1) is 10.1. The summed E-state index contributed by atoms with van der Waals surface area (Å²) in [4.78, 5) is 0. The number of halogens is 1. The monoisotopic (exact) mass is 296 g/mol. The number of nitrogens with two attached hydrogens (primary N) is 1. The Balaban J connectivity index is 2.40. The van der Waals surface area contributed by atoms with Gasteiger partial charge in [0.2, 0.25) is 0 Å². The topological polar surface area (TPSA) is 56.5 Å². The lowest BCUT2D eigenvalue weighted by molar-refractivity contribution is -0.0766. The van der Waals surface area contributed by atoms with Gasteiger partial charge >= 0.3 is 0 Å². The first kappa shape index (κ1) is 16.2. The van der Waals surface area contributed by atoms with Crippen LogP contribution in [0.3, 0.4) is 0 Å². The number of hydrogen-bond acceptors (Lipinski definition) is 4. The van der Waals surface area contributed by atoms with Crippen LogP contribution in [0.5, 0.6) is 5.75 Å². The second kappa shape index (κ2) is 6.73. The fourth-order valence-corrected chi connectivity index (χ4v) is 3.32. The largest absolute Gasteiger partial charge is 0.496 e. The van der Waals surface area contributed by atoms with Crippen LogP contribution in [0.2, 0.25) is 0 Å². The van der Waals surface area contributed by atoms with Gasteiger partial charge < -0.3 is 9.47 Å². The molecule has 1 aliphatic rings. The molecule has 5 heteroatoms. The molecule has 21 heavy (non-hydrogen) atoms. The second-order valence-corrected chi connectivity index (χ2v) is 5.94.